The average Bonchev–Trinajstić information content (AvgIpc) is 3.77. The van der Waals surface area contributed by atoms with Crippen LogP contribution in [-0.4, -0.2) is 0 Å². The van der Waals surface area contributed by atoms with Crippen LogP contribution in [0.25, 0.3) is 44.5 Å². The van der Waals surface area contributed by atoms with Gasteiger partial charge in [0.15, 0.2) is 0 Å². The first-order valence-corrected chi connectivity index (χ1v) is 18.7. The summed E-state index contributed by atoms with van der Waals surface area (Å²) in [6.07, 6.45) is 0. The van der Waals surface area contributed by atoms with Gasteiger partial charge in [-0.1, -0.05) is 172 Å². The summed E-state index contributed by atoms with van der Waals surface area (Å²) in [5.41, 5.74) is 21.5. The highest BCUT2D eigenvalue weighted by Gasteiger charge is 2.51. The van der Waals surface area contributed by atoms with Gasteiger partial charge in [0.25, 0.3) is 0 Å². The molecule has 250 valence electrons. The van der Waals surface area contributed by atoms with Gasteiger partial charge in [-0.2, -0.15) is 0 Å². The van der Waals surface area contributed by atoms with Gasteiger partial charge in [-0.3, -0.25) is 0 Å². The van der Waals surface area contributed by atoms with E-state index in [2.05, 4.69) is 207 Å². The van der Waals surface area contributed by atoms with E-state index >= 15 is 0 Å². The van der Waals surface area contributed by atoms with Gasteiger partial charge < -0.3 is 4.90 Å². The summed E-state index contributed by atoms with van der Waals surface area (Å²) in [6.45, 7) is 4.71. The second-order valence-electron chi connectivity index (χ2n) is 15.2. The van der Waals surface area contributed by atoms with Gasteiger partial charge in [0.1, 0.15) is 0 Å². The average molecular weight is 676 g/mol. The predicted octanol–water partition coefficient (Wildman–Crippen LogP) is 13.5. The summed E-state index contributed by atoms with van der Waals surface area (Å²) < 4.78 is 0. The fourth-order valence-corrected chi connectivity index (χ4v) is 10.0. The number of anilines is 3. The minimum Gasteiger partial charge on any atom is -0.310 e. The summed E-state index contributed by atoms with van der Waals surface area (Å²) in [6, 6.07) is 70.1. The number of rotatable bonds is 4. The van der Waals surface area contributed by atoms with Crippen molar-refractivity contribution >= 4 is 17.1 Å². The Morgan fingerprint density at radius 1 is 0.321 bits per heavy atom. The van der Waals surface area contributed by atoms with Crippen LogP contribution in [0.4, 0.5) is 17.1 Å². The second kappa shape index (κ2) is 11.0. The maximum absolute atomic E-state index is 2.49. The highest BCUT2D eigenvalue weighted by Crippen LogP contribution is 2.63. The van der Waals surface area contributed by atoms with E-state index in [1.807, 2.05) is 0 Å². The SMILES string of the molecule is CC1(C)c2ccccc2-c2cc(N(c3ccc4c(c3)-c3ccccc3C43c4ccccc4-c4ccccc43)c3ccccc3-c3ccccc3)ccc21. The van der Waals surface area contributed by atoms with Gasteiger partial charge in [0.2, 0.25) is 0 Å². The van der Waals surface area contributed by atoms with Gasteiger partial charge in [-0.05, 0) is 103 Å². The van der Waals surface area contributed by atoms with Gasteiger partial charge >= 0.3 is 0 Å². The van der Waals surface area contributed by atoms with Crippen LogP contribution in [0, 0.1) is 0 Å². The van der Waals surface area contributed by atoms with Crippen molar-refractivity contribution in [2.24, 2.45) is 0 Å². The van der Waals surface area contributed by atoms with Crippen molar-refractivity contribution in [1.82, 2.24) is 0 Å². The van der Waals surface area contributed by atoms with E-state index in [0.29, 0.717) is 0 Å². The Hall–Kier alpha value is -6.44. The van der Waals surface area contributed by atoms with Crippen molar-refractivity contribution in [2.75, 3.05) is 4.90 Å². The molecule has 53 heavy (non-hydrogen) atoms. The van der Waals surface area contributed by atoms with Crippen LogP contribution in [0.2, 0.25) is 0 Å². The van der Waals surface area contributed by atoms with Gasteiger partial charge in [-0.15, -0.1) is 0 Å². The van der Waals surface area contributed by atoms with Crippen molar-refractivity contribution in [3.63, 3.8) is 0 Å². The molecular weight excluding hydrogens is 639 g/mol. The summed E-state index contributed by atoms with van der Waals surface area (Å²) in [4.78, 5) is 2.49. The lowest BCUT2D eigenvalue weighted by Gasteiger charge is -2.32. The first kappa shape index (κ1) is 30.2. The molecular formula is C52H37N. The summed E-state index contributed by atoms with van der Waals surface area (Å²) in [5, 5.41) is 0. The van der Waals surface area contributed by atoms with E-state index in [9.17, 15) is 0 Å². The van der Waals surface area contributed by atoms with E-state index < -0.39 is 0 Å². The zero-order valence-corrected chi connectivity index (χ0v) is 29.8. The number of hydrogen-bond donors (Lipinski definition) is 0. The maximum atomic E-state index is 2.49. The van der Waals surface area contributed by atoms with E-state index in [0.717, 1.165) is 17.1 Å². The van der Waals surface area contributed by atoms with E-state index in [1.54, 1.807) is 0 Å². The molecule has 0 amide bonds. The maximum Gasteiger partial charge on any atom is 0.0725 e. The lowest BCUT2D eigenvalue weighted by atomic mass is 9.70. The third kappa shape index (κ3) is 4.02. The molecule has 0 N–H and O–H groups in total. The Labute approximate surface area is 311 Å². The molecule has 0 radical (unpaired) electrons. The molecule has 0 aromatic heterocycles. The molecule has 0 heterocycles. The number of fused-ring (bicyclic) bond motifs is 13. The third-order valence-electron chi connectivity index (χ3n) is 12.3. The number of hydrogen-bond acceptors (Lipinski definition) is 1. The second-order valence-corrected chi connectivity index (χ2v) is 15.2. The van der Waals surface area contributed by atoms with Crippen molar-refractivity contribution < 1.29 is 0 Å². The van der Waals surface area contributed by atoms with Crippen LogP contribution in [0.1, 0.15) is 47.2 Å². The van der Waals surface area contributed by atoms with Crippen LogP contribution in [0.15, 0.2) is 188 Å². The standard InChI is InChI=1S/C52H37N/c1-51(2)44-23-11-6-21-40(44)42-32-35(28-30-45(42)51)53(50-27-15-10-18-37(50)34-16-4-3-5-17-34)36-29-31-49-43(33-36)41-22-9-14-26-48(41)52(49)46-24-12-7-19-38(46)39-20-8-13-25-47(39)52/h3-33H,1-2H3. The predicted molar refractivity (Wildman–Crippen MR) is 220 cm³/mol. The first-order valence-electron chi connectivity index (χ1n) is 18.7. The van der Waals surface area contributed by atoms with Crippen molar-refractivity contribution in [3.8, 4) is 44.5 Å². The van der Waals surface area contributed by atoms with Crippen molar-refractivity contribution in [1.29, 1.82) is 0 Å². The fourth-order valence-electron chi connectivity index (χ4n) is 10.0. The Bertz CT molecular complexity index is 2720. The zero-order valence-electron chi connectivity index (χ0n) is 29.8. The molecule has 0 unspecified atom stereocenters. The highest BCUT2D eigenvalue weighted by molar-refractivity contribution is 5.98. The highest BCUT2D eigenvalue weighted by atomic mass is 15.1. The Kier molecular flexibility index (Phi) is 6.29. The van der Waals surface area contributed by atoms with Gasteiger partial charge in [-0.25, -0.2) is 0 Å². The molecule has 3 aliphatic carbocycles. The first-order chi connectivity index (χ1) is 26.1. The van der Waals surface area contributed by atoms with E-state index in [1.165, 1.54) is 77.9 Å². The van der Waals surface area contributed by atoms with Gasteiger partial charge in [0, 0.05) is 22.4 Å². The molecule has 0 saturated carbocycles. The summed E-state index contributed by atoms with van der Waals surface area (Å²) in [5.74, 6) is 0. The Morgan fingerprint density at radius 2 is 0.698 bits per heavy atom. The zero-order chi connectivity index (χ0) is 35.3. The lowest BCUT2D eigenvalue weighted by molar-refractivity contribution is 0.660. The third-order valence-corrected chi connectivity index (χ3v) is 12.3. The molecule has 1 spiro atoms. The van der Waals surface area contributed by atoms with Crippen molar-refractivity contribution in [3.05, 3.63) is 221 Å². The van der Waals surface area contributed by atoms with Crippen molar-refractivity contribution in [2.45, 2.75) is 24.7 Å². The molecule has 0 saturated heterocycles. The van der Waals surface area contributed by atoms with E-state index in [4.69, 9.17) is 0 Å². The number of nitrogens with zero attached hydrogens (tertiary/aromatic N) is 1. The molecule has 0 bridgehead atoms. The molecule has 3 aliphatic rings. The molecule has 0 aliphatic heterocycles. The molecule has 11 rings (SSSR count). The molecule has 8 aromatic rings. The van der Waals surface area contributed by atoms with Crippen LogP contribution in [0.5, 0.6) is 0 Å². The molecule has 0 fully saturated rings. The molecule has 8 aromatic carbocycles. The molecule has 0 atom stereocenters. The van der Waals surface area contributed by atoms with Crippen LogP contribution in [-0.2, 0) is 10.8 Å². The fraction of sp³-hybridized carbons (Fsp3) is 0.0769. The lowest BCUT2D eigenvalue weighted by Crippen LogP contribution is -2.25. The van der Waals surface area contributed by atoms with Crippen LogP contribution in [0.3, 0.4) is 0 Å². The summed E-state index contributed by atoms with van der Waals surface area (Å²) >= 11 is 0. The minimum atomic E-state index is -0.368. The largest absolute Gasteiger partial charge is 0.310 e. The van der Waals surface area contributed by atoms with Crippen LogP contribution < -0.4 is 4.90 Å². The monoisotopic (exact) mass is 675 g/mol. The smallest absolute Gasteiger partial charge is 0.0725 e. The van der Waals surface area contributed by atoms with Gasteiger partial charge in [0.05, 0.1) is 11.1 Å². The summed E-state index contributed by atoms with van der Waals surface area (Å²) in [7, 11) is 0. The Morgan fingerprint density at radius 3 is 1.28 bits per heavy atom. The van der Waals surface area contributed by atoms with E-state index in [-0.39, 0.29) is 10.8 Å². The number of para-hydroxylation sites is 1. The minimum absolute atomic E-state index is 0.0588. The molecule has 1 nitrogen and oxygen atoms in total. The normalized spacial score (nSPS) is 14.5. The number of benzene rings is 8. The topological polar surface area (TPSA) is 3.24 Å². The Balaban J connectivity index is 1.18. The van der Waals surface area contributed by atoms with Crippen LogP contribution >= 0.6 is 0 Å². The molecule has 1 heteroatoms. The quantitative estimate of drug-likeness (QED) is 0.179.